The molecule has 5 heteroatoms. The molecule has 4 nitrogen and oxygen atoms in total. The van der Waals surface area contributed by atoms with Gasteiger partial charge in [-0.15, -0.1) is 11.8 Å². The Morgan fingerprint density at radius 2 is 2.05 bits per heavy atom. The predicted molar refractivity (Wildman–Crippen MR) is 83.7 cm³/mol. The van der Waals surface area contributed by atoms with Crippen molar-refractivity contribution in [3.05, 3.63) is 29.8 Å². The smallest absolute Gasteiger partial charge is 0.311 e. The lowest BCUT2D eigenvalue weighted by atomic mass is 9.71. The van der Waals surface area contributed by atoms with Crippen LogP contribution in [0.3, 0.4) is 0 Å². The first-order valence-corrected chi connectivity index (χ1v) is 8.39. The minimum absolute atomic E-state index is 0.181. The molecular formula is C16H21NO3S. The van der Waals surface area contributed by atoms with Crippen LogP contribution in [0.4, 0.5) is 0 Å². The molecule has 0 spiro atoms. The van der Waals surface area contributed by atoms with Crippen molar-refractivity contribution in [1.29, 1.82) is 0 Å². The molecule has 2 rings (SSSR count). The summed E-state index contributed by atoms with van der Waals surface area (Å²) in [6.07, 6.45) is 5.11. The quantitative estimate of drug-likeness (QED) is 0.839. The third-order valence-corrected chi connectivity index (χ3v) is 5.15. The number of aliphatic carboxylic acids is 1. The van der Waals surface area contributed by atoms with Crippen LogP contribution in [-0.2, 0) is 4.79 Å². The van der Waals surface area contributed by atoms with E-state index in [0.717, 1.165) is 24.2 Å². The third kappa shape index (κ3) is 3.23. The Hall–Kier alpha value is -1.49. The summed E-state index contributed by atoms with van der Waals surface area (Å²) in [5, 5.41) is 12.4. The molecule has 0 aliphatic heterocycles. The van der Waals surface area contributed by atoms with E-state index in [-0.39, 0.29) is 11.9 Å². The second-order valence-electron chi connectivity index (χ2n) is 5.69. The number of benzene rings is 1. The number of carboxylic acids is 1. The van der Waals surface area contributed by atoms with Crippen molar-refractivity contribution < 1.29 is 14.7 Å². The number of hydrogen-bond donors (Lipinski definition) is 2. The highest BCUT2D eigenvalue weighted by atomic mass is 32.2. The number of nitrogens with one attached hydrogen (secondary N) is 1. The SMILES string of the molecule is CSc1ccccc1C(=O)NC1CCCCC1(C)C(=O)O. The highest BCUT2D eigenvalue weighted by molar-refractivity contribution is 7.98. The molecule has 0 aromatic heterocycles. The van der Waals surface area contributed by atoms with Gasteiger partial charge >= 0.3 is 5.97 Å². The van der Waals surface area contributed by atoms with Gasteiger partial charge < -0.3 is 10.4 Å². The van der Waals surface area contributed by atoms with Crippen LogP contribution in [-0.4, -0.2) is 29.3 Å². The number of thioether (sulfide) groups is 1. The topological polar surface area (TPSA) is 66.4 Å². The van der Waals surface area contributed by atoms with Gasteiger partial charge in [-0.2, -0.15) is 0 Å². The highest BCUT2D eigenvalue weighted by Gasteiger charge is 2.43. The molecule has 2 N–H and O–H groups in total. The molecule has 2 unspecified atom stereocenters. The minimum atomic E-state index is -0.873. The summed E-state index contributed by atoms with van der Waals surface area (Å²) in [6.45, 7) is 1.74. The fourth-order valence-corrected chi connectivity index (χ4v) is 3.48. The Morgan fingerprint density at radius 3 is 2.71 bits per heavy atom. The van der Waals surface area contributed by atoms with Gasteiger partial charge in [-0.1, -0.05) is 25.0 Å². The number of carboxylic acid groups (broad SMARTS) is 1. The normalized spacial score (nSPS) is 25.3. The summed E-state index contributed by atoms with van der Waals surface area (Å²) in [4.78, 5) is 25.0. The second kappa shape index (κ2) is 6.52. The summed E-state index contributed by atoms with van der Waals surface area (Å²) in [5.41, 5.74) is -0.259. The van der Waals surface area contributed by atoms with E-state index in [9.17, 15) is 14.7 Å². The van der Waals surface area contributed by atoms with Gasteiger partial charge in [0.25, 0.3) is 5.91 Å². The van der Waals surface area contributed by atoms with Crippen LogP contribution < -0.4 is 5.32 Å². The number of rotatable bonds is 4. The maximum atomic E-state index is 12.5. The first-order valence-electron chi connectivity index (χ1n) is 7.16. The molecule has 0 saturated heterocycles. The standard InChI is InChI=1S/C16H21NO3S/c1-16(15(19)20)10-6-5-9-13(16)17-14(18)11-7-3-4-8-12(11)21-2/h3-4,7-8,13H,5-6,9-10H2,1-2H3,(H,17,18)(H,19,20). The number of carbonyl (C=O) groups is 2. The van der Waals surface area contributed by atoms with Crippen molar-refractivity contribution in [2.45, 2.75) is 43.5 Å². The molecule has 0 bridgehead atoms. The summed E-state index contributed by atoms with van der Waals surface area (Å²) >= 11 is 1.51. The van der Waals surface area contributed by atoms with E-state index in [4.69, 9.17) is 0 Å². The van der Waals surface area contributed by atoms with E-state index < -0.39 is 11.4 Å². The molecule has 0 heterocycles. The molecule has 114 valence electrons. The van der Waals surface area contributed by atoms with Gasteiger partial charge in [-0.25, -0.2) is 0 Å². The molecule has 1 aliphatic carbocycles. The van der Waals surface area contributed by atoms with Crippen molar-refractivity contribution in [3.63, 3.8) is 0 Å². The van der Waals surface area contributed by atoms with E-state index in [1.54, 1.807) is 13.0 Å². The zero-order valence-corrected chi connectivity index (χ0v) is 13.2. The summed E-state index contributed by atoms with van der Waals surface area (Å²) < 4.78 is 0. The van der Waals surface area contributed by atoms with Crippen LogP contribution in [0.2, 0.25) is 0 Å². The third-order valence-electron chi connectivity index (χ3n) is 4.35. The van der Waals surface area contributed by atoms with E-state index in [0.29, 0.717) is 12.0 Å². The van der Waals surface area contributed by atoms with Crippen LogP contribution in [0, 0.1) is 5.41 Å². The van der Waals surface area contributed by atoms with E-state index in [2.05, 4.69) is 5.32 Å². The van der Waals surface area contributed by atoms with Crippen molar-refractivity contribution in [2.24, 2.45) is 5.41 Å². The van der Waals surface area contributed by atoms with Crippen LogP contribution in [0.1, 0.15) is 43.0 Å². The summed E-state index contributed by atoms with van der Waals surface area (Å²) in [6, 6.07) is 7.08. The number of amides is 1. The van der Waals surface area contributed by atoms with E-state index >= 15 is 0 Å². The van der Waals surface area contributed by atoms with Crippen molar-refractivity contribution in [1.82, 2.24) is 5.32 Å². The maximum absolute atomic E-state index is 12.5. The Morgan fingerprint density at radius 1 is 1.33 bits per heavy atom. The molecule has 1 aliphatic rings. The van der Waals surface area contributed by atoms with Gasteiger partial charge in [0.05, 0.1) is 11.0 Å². The average Bonchev–Trinajstić information content (AvgIpc) is 2.49. The first kappa shape index (κ1) is 15.9. The van der Waals surface area contributed by atoms with Gasteiger partial charge in [0.2, 0.25) is 0 Å². The van der Waals surface area contributed by atoms with Crippen LogP contribution in [0.15, 0.2) is 29.2 Å². The zero-order chi connectivity index (χ0) is 15.5. The number of hydrogen-bond acceptors (Lipinski definition) is 3. The molecule has 0 radical (unpaired) electrons. The van der Waals surface area contributed by atoms with Gasteiger partial charge in [0.1, 0.15) is 0 Å². The summed E-state index contributed by atoms with van der Waals surface area (Å²) in [5.74, 6) is -1.01. The highest BCUT2D eigenvalue weighted by Crippen LogP contribution is 2.36. The molecular weight excluding hydrogens is 286 g/mol. The van der Waals surface area contributed by atoms with Crippen LogP contribution in [0.5, 0.6) is 0 Å². The van der Waals surface area contributed by atoms with Gasteiger partial charge in [-0.3, -0.25) is 9.59 Å². The lowest BCUT2D eigenvalue weighted by Crippen LogP contribution is -2.52. The molecule has 1 fully saturated rings. The lowest BCUT2D eigenvalue weighted by Gasteiger charge is -2.38. The van der Waals surface area contributed by atoms with E-state index in [1.165, 1.54) is 11.8 Å². The average molecular weight is 307 g/mol. The Bertz CT molecular complexity index is 546. The largest absolute Gasteiger partial charge is 0.481 e. The first-order chi connectivity index (χ1) is 9.99. The zero-order valence-electron chi connectivity index (χ0n) is 12.4. The predicted octanol–water partition coefficient (Wildman–Crippen LogP) is 3.17. The van der Waals surface area contributed by atoms with Gasteiger partial charge in [-0.05, 0) is 38.2 Å². The molecule has 1 amide bonds. The number of carbonyl (C=O) groups excluding carboxylic acids is 1. The van der Waals surface area contributed by atoms with E-state index in [1.807, 2.05) is 24.5 Å². The molecule has 1 saturated carbocycles. The molecule has 1 aromatic carbocycles. The fourth-order valence-electron chi connectivity index (χ4n) is 2.89. The minimum Gasteiger partial charge on any atom is -0.481 e. The lowest BCUT2D eigenvalue weighted by molar-refractivity contribution is -0.151. The Labute approximate surface area is 129 Å². The fraction of sp³-hybridized carbons (Fsp3) is 0.500. The van der Waals surface area contributed by atoms with Crippen LogP contribution in [0.25, 0.3) is 0 Å². The van der Waals surface area contributed by atoms with Crippen LogP contribution >= 0.6 is 11.8 Å². The van der Waals surface area contributed by atoms with Crippen molar-refractivity contribution in [2.75, 3.05) is 6.26 Å². The molecule has 2 atom stereocenters. The maximum Gasteiger partial charge on any atom is 0.311 e. The Kier molecular flexibility index (Phi) is 4.93. The Balaban J connectivity index is 2.19. The van der Waals surface area contributed by atoms with Gasteiger partial charge in [0.15, 0.2) is 0 Å². The molecule has 21 heavy (non-hydrogen) atoms. The summed E-state index contributed by atoms with van der Waals surface area (Å²) in [7, 11) is 0. The van der Waals surface area contributed by atoms with Crippen molar-refractivity contribution >= 4 is 23.6 Å². The van der Waals surface area contributed by atoms with Crippen molar-refractivity contribution in [3.8, 4) is 0 Å². The van der Waals surface area contributed by atoms with Gasteiger partial charge in [0, 0.05) is 10.9 Å². The molecule has 1 aromatic rings. The monoisotopic (exact) mass is 307 g/mol. The second-order valence-corrected chi connectivity index (χ2v) is 6.54.